The number of allylic oxidation sites excluding steroid dienone is 1. The summed E-state index contributed by atoms with van der Waals surface area (Å²) in [6.45, 7) is 0. The molecule has 1 aliphatic carbocycles. The quantitative estimate of drug-likeness (QED) is 0.864. The van der Waals surface area contributed by atoms with Gasteiger partial charge in [0, 0.05) is 6.26 Å². The molecule has 0 fully saturated rings. The zero-order chi connectivity index (χ0) is 15.3. The first-order chi connectivity index (χ1) is 10.0. The number of sulfone groups is 1. The van der Waals surface area contributed by atoms with Gasteiger partial charge in [-0.3, -0.25) is 0 Å². The molecule has 116 valence electrons. The minimum Gasteiger partial charge on any atom is -0.310 e. The highest BCUT2D eigenvalue weighted by molar-refractivity contribution is 7.90. The summed E-state index contributed by atoms with van der Waals surface area (Å²) in [5.74, 6) is 0. The Morgan fingerprint density at radius 2 is 1.90 bits per heavy atom. The van der Waals surface area contributed by atoms with E-state index in [1.165, 1.54) is 37.5 Å². The monoisotopic (exact) mass is 307 g/mol. The van der Waals surface area contributed by atoms with Gasteiger partial charge in [-0.25, -0.2) is 8.42 Å². The fraction of sp³-hybridized carbons (Fsp3) is 0.529. The highest BCUT2D eigenvalue weighted by atomic mass is 32.2. The largest absolute Gasteiger partial charge is 0.310 e. The van der Waals surface area contributed by atoms with Crippen molar-refractivity contribution in [3.8, 4) is 0 Å². The molecule has 2 rings (SSSR count). The summed E-state index contributed by atoms with van der Waals surface area (Å²) < 4.78 is 23.5. The van der Waals surface area contributed by atoms with Crippen LogP contribution in [0.3, 0.4) is 0 Å². The zero-order valence-corrected chi connectivity index (χ0v) is 13.7. The zero-order valence-electron chi connectivity index (χ0n) is 12.9. The lowest BCUT2D eigenvalue weighted by Gasteiger charge is -2.22. The standard InChI is InChI=1S/C17H25NO2S/c1-18-17(14-9-6-4-3-5-7-10-14)15-11-8-12-16(13-15)21(2,19)20/h8-9,11-13,17-18H,3-7,10H2,1-2H3/b14-9+. The van der Waals surface area contributed by atoms with E-state index in [1.807, 2.05) is 19.2 Å². The van der Waals surface area contributed by atoms with Gasteiger partial charge < -0.3 is 5.32 Å². The SMILES string of the molecule is CNC(/C1=C/CCCCCC1)c1cccc(S(C)(=O)=O)c1. The van der Waals surface area contributed by atoms with Crippen LogP contribution in [0.1, 0.15) is 50.1 Å². The first-order valence-corrected chi connectivity index (χ1v) is 9.57. The molecule has 0 saturated carbocycles. The molecule has 0 saturated heterocycles. The molecular formula is C17H25NO2S. The molecule has 0 radical (unpaired) electrons. The van der Waals surface area contributed by atoms with Crippen molar-refractivity contribution in [1.29, 1.82) is 0 Å². The Morgan fingerprint density at radius 1 is 1.14 bits per heavy atom. The maximum absolute atomic E-state index is 11.7. The fourth-order valence-electron chi connectivity index (χ4n) is 2.97. The second-order valence-electron chi connectivity index (χ2n) is 5.80. The van der Waals surface area contributed by atoms with E-state index in [2.05, 4.69) is 11.4 Å². The Hall–Kier alpha value is -1.13. The Morgan fingerprint density at radius 3 is 2.62 bits per heavy atom. The first-order valence-electron chi connectivity index (χ1n) is 7.68. The van der Waals surface area contributed by atoms with Crippen molar-refractivity contribution < 1.29 is 8.42 Å². The molecule has 21 heavy (non-hydrogen) atoms. The van der Waals surface area contributed by atoms with E-state index in [1.54, 1.807) is 12.1 Å². The molecule has 3 nitrogen and oxygen atoms in total. The van der Waals surface area contributed by atoms with Crippen LogP contribution in [0, 0.1) is 0 Å². The van der Waals surface area contributed by atoms with E-state index in [4.69, 9.17) is 0 Å². The fourth-order valence-corrected chi connectivity index (χ4v) is 3.65. The van der Waals surface area contributed by atoms with E-state index >= 15 is 0 Å². The number of nitrogens with one attached hydrogen (secondary N) is 1. The Balaban J connectivity index is 2.32. The van der Waals surface area contributed by atoms with Crippen LogP contribution in [0.2, 0.25) is 0 Å². The van der Waals surface area contributed by atoms with Gasteiger partial charge in [0.25, 0.3) is 0 Å². The number of rotatable bonds is 4. The number of hydrogen-bond acceptors (Lipinski definition) is 3. The Kier molecular flexibility index (Phi) is 5.59. The summed E-state index contributed by atoms with van der Waals surface area (Å²) in [4.78, 5) is 0.395. The van der Waals surface area contributed by atoms with Gasteiger partial charge in [-0.1, -0.05) is 36.6 Å². The predicted molar refractivity (Wildman–Crippen MR) is 87.1 cm³/mol. The van der Waals surface area contributed by atoms with Crippen LogP contribution in [0.25, 0.3) is 0 Å². The van der Waals surface area contributed by atoms with Crippen LogP contribution in [-0.2, 0) is 9.84 Å². The van der Waals surface area contributed by atoms with Gasteiger partial charge in [-0.05, 0) is 50.4 Å². The minimum atomic E-state index is -3.16. The predicted octanol–water partition coefficient (Wildman–Crippen LogP) is 3.63. The van der Waals surface area contributed by atoms with E-state index in [0.717, 1.165) is 18.4 Å². The maximum Gasteiger partial charge on any atom is 0.175 e. The molecule has 0 bridgehead atoms. The maximum atomic E-state index is 11.7. The van der Waals surface area contributed by atoms with Crippen molar-refractivity contribution in [2.24, 2.45) is 0 Å². The summed E-state index contributed by atoms with van der Waals surface area (Å²) in [6.07, 6.45) is 10.9. The molecule has 1 unspecified atom stereocenters. The van der Waals surface area contributed by atoms with Crippen molar-refractivity contribution >= 4 is 9.84 Å². The van der Waals surface area contributed by atoms with Gasteiger partial charge in [0.05, 0.1) is 10.9 Å². The summed E-state index contributed by atoms with van der Waals surface area (Å²) in [5, 5.41) is 3.35. The summed E-state index contributed by atoms with van der Waals surface area (Å²) in [7, 11) is -1.22. The third-order valence-electron chi connectivity index (χ3n) is 4.11. The van der Waals surface area contributed by atoms with Crippen molar-refractivity contribution in [3.63, 3.8) is 0 Å². The lowest BCUT2D eigenvalue weighted by Crippen LogP contribution is -2.19. The third kappa shape index (κ3) is 4.42. The third-order valence-corrected chi connectivity index (χ3v) is 5.22. The molecular weight excluding hydrogens is 282 g/mol. The summed E-state index contributed by atoms with van der Waals surface area (Å²) >= 11 is 0. The van der Waals surface area contributed by atoms with Crippen molar-refractivity contribution in [2.45, 2.75) is 49.5 Å². The van der Waals surface area contributed by atoms with Crippen molar-refractivity contribution in [3.05, 3.63) is 41.5 Å². The molecule has 0 heterocycles. The van der Waals surface area contributed by atoms with Gasteiger partial charge in [0.15, 0.2) is 9.84 Å². The number of benzene rings is 1. The minimum absolute atomic E-state index is 0.116. The lowest BCUT2D eigenvalue weighted by molar-refractivity contribution is 0.572. The Bertz CT molecular complexity index is 605. The molecule has 1 aromatic carbocycles. The van der Waals surface area contributed by atoms with E-state index in [9.17, 15) is 8.42 Å². The molecule has 1 aromatic rings. The van der Waals surface area contributed by atoms with Crippen LogP contribution in [-0.4, -0.2) is 21.7 Å². The van der Waals surface area contributed by atoms with Crippen LogP contribution in [0.15, 0.2) is 40.8 Å². The smallest absolute Gasteiger partial charge is 0.175 e. The van der Waals surface area contributed by atoms with Crippen LogP contribution in [0.4, 0.5) is 0 Å². The average Bonchev–Trinajstić information content (AvgIpc) is 2.41. The normalized spacial score (nSPS) is 21.0. The summed E-state index contributed by atoms with van der Waals surface area (Å²) in [6, 6.07) is 7.42. The van der Waals surface area contributed by atoms with Crippen molar-refractivity contribution in [2.75, 3.05) is 13.3 Å². The molecule has 0 aliphatic heterocycles. The van der Waals surface area contributed by atoms with E-state index in [-0.39, 0.29) is 6.04 Å². The molecule has 0 aromatic heterocycles. The van der Waals surface area contributed by atoms with Gasteiger partial charge in [0.2, 0.25) is 0 Å². The lowest BCUT2D eigenvalue weighted by atomic mass is 9.91. The average molecular weight is 307 g/mol. The van der Waals surface area contributed by atoms with Crippen LogP contribution in [0.5, 0.6) is 0 Å². The van der Waals surface area contributed by atoms with Gasteiger partial charge >= 0.3 is 0 Å². The molecule has 0 amide bonds. The number of likely N-dealkylation sites (N-methyl/N-ethyl adjacent to an activating group) is 1. The van der Waals surface area contributed by atoms with Crippen LogP contribution >= 0.6 is 0 Å². The van der Waals surface area contributed by atoms with Gasteiger partial charge in [0.1, 0.15) is 0 Å². The molecule has 0 spiro atoms. The second kappa shape index (κ2) is 7.23. The number of hydrogen-bond donors (Lipinski definition) is 1. The highest BCUT2D eigenvalue weighted by Gasteiger charge is 2.17. The molecule has 1 N–H and O–H groups in total. The second-order valence-corrected chi connectivity index (χ2v) is 7.81. The van der Waals surface area contributed by atoms with Crippen molar-refractivity contribution in [1.82, 2.24) is 5.32 Å². The van der Waals surface area contributed by atoms with Crippen LogP contribution < -0.4 is 5.32 Å². The topological polar surface area (TPSA) is 46.2 Å². The van der Waals surface area contributed by atoms with Gasteiger partial charge in [-0.2, -0.15) is 0 Å². The Labute approximate surface area is 128 Å². The highest BCUT2D eigenvalue weighted by Crippen LogP contribution is 2.29. The first kappa shape index (κ1) is 16.2. The molecule has 1 atom stereocenters. The van der Waals surface area contributed by atoms with E-state index in [0.29, 0.717) is 4.90 Å². The van der Waals surface area contributed by atoms with E-state index < -0.39 is 9.84 Å². The molecule has 4 heteroatoms. The summed E-state index contributed by atoms with van der Waals surface area (Å²) in [5.41, 5.74) is 2.43. The van der Waals surface area contributed by atoms with Gasteiger partial charge in [-0.15, -0.1) is 0 Å². The molecule has 1 aliphatic rings.